The Hall–Kier alpha value is -2.53. The number of nitrogens with zero attached hydrogens (tertiary/aromatic N) is 1. The zero-order chi connectivity index (χ0) is 19.0. The Morgan fingerprint density at radius 2 is 1.96 bits per heavy atom. The molecule has 6 heteroatoms. The predicted octanol–water partition coefficient (Wildman–Crippen LogP) is 4.99. The molecule has 0 bridgehead atoms. The van der Waals surface area contributed by atoms with Crippen molar-refractivity contribution in [3.63, 3.8) is 0 Å². The summed E-state index contributed by atoms with van der Waals surface area (Å²) in [5.74, 6) is -0.230. The Balaban J connectivity index is 1.39. The van der Waals surface area contributed by atoms with Crippen LogP contribution in [0, 0.1) is 12.7 Å². The number of anilines is 1. The Bertz CT molecular complexity index is 972. The summed E-state index contributed by atoms with van der Waals surface area (Å²) in [5, 5.41) is 4.98. The summed E-state index contributed by atoms with van der Waals surface area (Å²) in [4.78, 5) is 17.8. The van der Waals surface area contributed by atoms with E-state index in [4.69, 9.17) is 11.6 Å². The number of amides is 1. The molecular formula is C21H21ClFN3O. The summed E-state index contributed by atoms with van der Waals surface area (Å²) in [6, 6.07) is 12.6. The maximum atomic E-state index is 13.5. The Morgan fingerprint density at radius 3 is 2.70 bits per heavy atom. The molecule has 0 saturated carbocycles. The van der Waals surface area contributed by atoms with E-state index in [0.717, 1.165) is 35.0 Å². The number of benzene rings is 2. The topological polar surface area (TPSA) is 48.1 Å². The number of H-pyrrole nitrogens is 1. The fraction of sp³-hybridized carbons (Fsp3) is 0.286. The van der Waals surface area contributed by atoms with Crippen LogP contribution in [0.25, 0.3) is 10.9 Å². The summed E-state index contributed by atoms with van der Waals surface area (Å²) in [7, 11) is 0. The van der Waals surface area contributed by atoms with Gasteiger partial charge in [0.2, 0.25) is 0 Å². The molecule has 2 aromatic carbocycles. The third-order valence-electron chi connectivity index (χ3n) is 5.01. The van der Waals surface area contributed by atoms with Gasteiger partial charge in [-0.25, -0.2) is 4.39 Å². The van der Waals surface area contributed by atoms with Gasteiger partial charge in [0.25, 0.3) is 5.91 Å². The van der Waals surface area contributed by atoms with Gasteiger partial charge in [0, 0.05) is 40.7 Å². The number of rotatable bonds is 3. The van der Waals surface area contributed by atoms with Crippen LogP contribution in [0.5, 0.6) is 0 Å². The van der Waals surface area contributed by atoms with E-state index in [1.807, 2.05) is 36.1 Å². The van der Waals surface area contributed by atoms with Crippen molar-refractivity contribution in [3.05, 3.63) is 64.6 Å². The summed E-state index contributed by atoms with van der Waals surface area (Å²) in [6.45, 7) is 3.21. The van der Waals surface area contributed by atoms with Crippen LogP contribution in [0.3, 0.4) is 0 Å². The number of aromatic nitrogens is 1. The van der Waals surface area contributed by atoms with Gasteiger partial charge in [-0.3, -0.25) is 4.79 Å². The van der Waals surface area contributed by atoms with Crippen LogP contribution in [-0.4, -0.2) is 34.9 Å². The quantitative estimate of drug-likeness (QED) is 0.667. The van der Waals surface area contributed by atoms with Gasteiger partial charge in [0.1, 0.15) is 11.5 Å². The number of halogens is 2. The molecule has 1 aliphatic heterocycles. The Labute approximate surface area is 162 Å². The molecule has 0 aliphatic carbocycles. The number of aromatic amines is 1. The standard InChI is InChI=1S/C21H21ClFN3O/c1-13-8-16(23)12-18(9-13)24-17-4-6-26(7-5-17)21(27)20-11-14-10-15(22)2-3-19(14)25-20/h2-3,8-12,17,24-25H,4-7H2,1H3. The molecule has 2 heterocycles. The van der Waals surface area contributed by atoms with Gasteiger partial charge in [-0.2, -0.15) is 0 Å². The normalized spacial score (nSPS) is 15.3. The SMILES string of the molecule is Cc1cc(F)cc(NC2CCN(C(=O)c3cc4cc(Cl)ccc4[nH]3)CC2)c1. The lowest BCUT2D eigenvalue weighted by Gasteiger charge is -2.32. The second kappa shape index (κ2) is 7.24. The summed E-state index contributed by atoms with van der Waals surface area (Å²) >= 11 is 6.02. The van der Waals surface area contributed by atoms with Crippen molar-refractivity contribution in [1.82, 2.24) is 9.88 Å². The van der Waals surface area contributed by atoms with Crippen molar-refractivity contribution >= 4 is 34.1 Å². The molecule has 1 aliphatic rings. The highest BCUT2D eigenvalue weighted by molar-refractivity contribution is 6.31. The average Bonchev–Trinajstić information content (AvgIpc) is 3.04. The van der Waals surface area contributed by atoms with E-state index in [2.05, 4.69) is 10.3 Å². The lowest BCUT2D eigenvalue weighted by Crippen LogP contribution is -2.42. The van der Waals surface area contributed by atoms with Gasteiger partial charge >= 0.3 is 0 Å². The lowest BCUT2D eigenvalue weighted by atomic mass is 10.0. The maximum Gasteiger partial charge on any atom is 0.270 e. The molecule has 0 unspecified atom stereocenters. The third kappa shape index (κ3) is 3.93. The number of carbonyl (C=O) groups is 1. The molecule has 1 amide bonds. The molecular weight excluding hydrogens is 365 g/mol. The molecule has 1 fully saturated rings. The second-order valence-corrected chi connectivity index (χ2v) is 7.58. The Kier molecular flexibility index (Phi) is 4.79. The first-order valence-corrected chi connectivity index (χ1v) is 9.47. The molecule has 140 valence electrons. The highest BCUT2D eigenvalue weighted by Gasteiger charge is 2.24. The zero-order valence-electron chi connectivity index (χ0n) is 15.1. The minimum absolute atomic E-state index is 0.00220. The van der Waals surface area contributed by atoms with Crippen molar-refractivity contribution < 1.29 is 9.18 Å². The van der Waals surface area contributed by atoms with Crippen LogP contribution in [0.15, 0.2) is 42.5 Å². The Morgan fingerprint density at radius 1 is 1.19 bits per heavy atom. The van der Waals surface area contributed by atoms with E-state index in [9.17, 15) is 9.18 Å². The molecule has 27 heavy (non-hydrogen) atoms. The van der Waals surface area contributed by atoms with Gasteiger partial charge in [-0.05, 0) is 67.8 Å². The first-order valence-electron chi connectivity index (χ1n) is 9.09. The van der Waals surface area contributed by atoms with Gasteiger partial charge < -0.3 is 15.2 Å². The molecule has 4 nitrogen and oxygen atoms in total. The molecule has 3 aromatic rings. The van der Waals surface area contributed by atoms with Gasteiger partial charge in [0.05, 0.1) is 0 Å². The largest absolute Gasteiger partial charge is 0.382 e. The van der Waals surface area contributed by atoms with E-state index in [1.54, 1.807) is 6.07 Å². The van der Waals surface area contributed by atoms with E-state index >= 15 is 0 Å². The summed E-state index contributed by atoms with van der Waals surface area (Å²) in [6.07, 6.45) is 1.65. The number of aryl methyl sites for hydroxylation is 1. The molecule has 1 aromatic heterocycles. The van der Waals surface area contributed by atoms with E-state index in [-0.39, 0.29) is 17.8 Å². The first kappa shape index (κ1) is 17.9. The number of carbonyl (C=O) groups excluding carboxylic acids is 1. The van der Waals surface area contributed by atoms with Crippen LogP contribution in [-0.2, 0) is 0 Å². The minimum Gasteiger partial charge on any atom is -0.382 e. The van der Waals surface area contributed by atoms with Crippen LogP contribution in [0.1, 0.15) is 28.9 Å². The van der Waals surface area contributed by atoms with Crippen LogP contribution < -0.4 is 5.32 Å². The van der Waals surface area contributed by atoms with Crippen LogP contribution in [0.2, 0.25) is 5.02 Å². The molecule has 2 N–H and O–H groups in total. The van der Waals surface area contributed by atoms with E-state index in [0.29, 0.717) is 23.8 Å². The first-order chi connectivity index (χ1) is 13.0. The van der Waals surface area contributed by atoms with Crippen molar-refractivity contribution in [3.8, 4) is 0 Å². The number of fused-ring (bicyclic) bond motifs is 1. The van der Waals surface area contributed by atoms with Gasteiger partial charge in [0.15, 0.2) is 0 Å². The second-order valence-electron chi connectivity index (χ2n) is 7.14. The van der Waals surface area contributed by atoms with Crippen molar-refractivity contribution in [2.75, 3.05) is 18.4 Å². The highest BCUT2D eigenvalue weighted by Crippen LogP contribution is 2.23. The number of hydrogen-bond acceptors (Lipinski definition) is 2. The van der Waals surface area contributed by atoms with Gasteiger partial charge in [-0.15, -0.1) is 0 Å². The minimum atomic E-state index is -0.232. The lowest BCUT2D eigenvalue weighted by molar-refractivity contribution is 0.0713. The molecule has 4 rings (SSSR count). The fourth-order valence-corrected chi connectivity index (χ4v) is 3.85. The number of hydrogen-bond donors (Lipinski definition) is 2. The number of nitrogens with one attached hydrogen (secondary N) is 2. The average molecular weight is 386 g/mol. The van der Waals surface area contributed by atoms with Crippen LogP contribution >= 0.6 is 11.6 Å². The molecule has 0 atom stereocenters. The third-order valence-corrected chi connectivity index (χ3v) is 5.24. The molecule has 0 spiro atoms. The van der Waals surface area contributed by atoms with E-state index < -0.39 is 0 Å². The van der Waals surface area contributed by atoms with Crippen molar-refractivity contribution in [2.45, 2.75) is 25.8 Å². The fourth-order valence-electron chi connectivity index (χ4n) is 3.67. The molecule has 1 saturated heterocycles. The monoisotopic (exact) mass is 385 g/mol. The van der Waals surface area contributed by atoms with Crippen molar-refractivity contribution in [2.24, 2.45) is 0 Å². The maximum absolute atomic E-state index is 13.5. The highest BCUT2D eigenvalue weighted by atomic mass is 35.5. The zero-order valence-corrected chi connectivity index (χ0v) is 15.8. The smallest absolute Gasteiger partial charge is 0.270 e. The summed E-state index contributed by atoms with van der Waals surface area (Å²) in [5.41, 5.74) is 3.18. The van der Waals surface area contributed by atoms with Gasteiger partial charge in [-0.1, -0.05) is 11.6 Å². The molecule has 0 radical (unpaired) electrons. The van der Waals surface area contributed by atoms with E-state index in [1.165, 1.54) is 12.1 Å². The predicted molar refractivity (Wildman–Crippen MR) is 107 cm³/mol. The number of piperidine rings is 1. The van der Waals surface area contributed by atoms with Crippen LogP contribution in [0.4, 0.5) is 10.1 Å². The van der Waals surface area contributed by atoms with Crippen molar-refractivity contribution in [1.29, 1.82) is 0 Å². The summed E-state index contributed by atoms with van der Waals surface area (Å²) < 4.78 is 13.5. The number of likely N-dealkylation sites (tertiary alicyclic amines) is 1.